The molecule has 0 aliphatic carbocycles. The van der Waals surface area contributed by atoms with Crippen LogP contribution in [0.3, 0.4) is 0 Å². The molecule has 0 radical (unpaired) electrons. The van der Waals surface area contributed by atoms with Crippen molar-refractivity contribution in [2.75, 3.05) is 0 Å². The molecule has 1 amide bonds. The first-order valence-electron chi connectivity index (χ1n) is 11.9. The van der Waals surface area contributed by atoms with Crippen molar-refractivity contribution >= 4 is 17.2 Å². The molecular formula is C26H29N5O4S. The molecule has 3 aromatic heterocycles. The number of hydrogen-bond acceptors (Lipinski definition) is 8. The van der Waals surface area contributed by atoms with E-state index in [9.17, 15) is 14.7 Å². The van der Waals surface area contributed by atoms with Crippen LogP contribution in [0.15, 0.2) is 38.9 Å². The number of benzene rings is 1. The molecule has 10 heteroatoms. The number of aromatic amines is 1. The third-order valence-corrected chi connectivity index (χ3v) is 6.38. The summed E-state index contributed by atoms with van der Waals surface area (Å²) in [6.07, 6.45) is 2.59. The SMILES string of the molecule is CCCCc1[nH]c(=O)c(-c2nnc(Cc3csc(C)n3)o2)c(O)c1-c1cccc(C(=O)NC(C)C)c1. The van der Waals surface area contributed by atoms with E-state index in [-0.39, 0.29) is 35.0 Å². The van der Waals surface area contributed by atoms with Gasteiger partial charge in [-0.2, -0.15) is 0 Å². The molecule has 0 atom stereocenters. The number of hydrogen-bond donors (Lipinski definition) is 3. The van der Waals surface area contributed by atoms with Crippen molar-refractivity contribution < 1.29 is 14.3 Å². The predicted octanol–water partition coefficient (Wildman–Crippen LogP) is 4.63. The topological polar surface area (TPSA) is 134 Å². The first-order valence-corrected chi connectivity index (χ1v) is 12.8. The average molecular weight is 508 g/mol. The quantitative estimate of drug-likeness (QED) is 0.301. The van der Waals surface area contributed by atoms with E-state index >= 15 is 0 Å². The van der Waals surface area contributed by atoms with E-state index in [4.69, 9.17) is 4.42 Å². The minimum Gasteiger partial charge on any atom is -0.506 e. The van der Waals surface area contributed by atoms with Crippen molar-refractivity contribution in [3.05, 3.63) is 67.8 Å². The average Bonchev–Trinajstić information content (AvgIpc) is 3.46. The Bertz CT molecular complexity index is 1440. The standard InChI is InChI=1S/C26H29N5O4S/c1-5-6-10-19-21(16-8-7-9-17(11-16)24(33)27-14(2)3)23(32)22(25(34)29-19)26-31-30-20(35-26)12-18-13-36-15(4)28-18/h7-9,11,13-14H,5-6,10,12H2,1-4H3,(H,27,33)(H2,29,32,34). The first kappa shape index (κ1) is 25.3. The van der Waals surface area contributed by atoms with Crippen LogP contribution in [0.1, 0.15) is 66.3 Å². The lowest BCUT2D eigenvalue weighted by atomic mass is 9.96. The molecule has 0 fully saturated rings. The van der Waals surface area contributed by atoms with Crippen molar-refractivity contribution in [1.29, 1.82) is 0 Å². The fourth-order valence-corrected chi connectivity index (χ4v) is 4.53. The van der Waals surface area contributed by atoms with E-state index in [0.29, 0.717) is 35.2 Å². The number of nitrogens with one attached hydrogen (secondary N) is 2. The molecular weight excluding hydrogens is 478 g/mol. The van der Waals surface area contributed by atoms with Crippen LogP contribution in [0.2, 0.25) is 0 Å². The van der Waals surface area contributed by atoms with Crippen molar-refractivity contribution in [3.63, 3.8) is 0 Å². The second-order valence-electron chi connectivity index (χ2n) is 8.88. The summed E-state index contributed by atoms with van der Waals surface area (Å²) in [7, 11) is 0. The zero-order valence-electron chi connectivity index (χ0n) is 20.7. The highest BCUT2D eigenvalue weighted by Gasteiger charge is 2.24. The number of aromatic hydroxyl groups is 1. The summed E-state index contributed by atoms with van der Waals surface area (Å²) < 4.78 is 5.76. The molecule has 3 N–H and O–H groups in total. The molecule has 0 aliphatic heterocycles. The Morgan fingerprint density at radius 1 is 1.25 bits per heavy atom. The minimum atomic E-state index is -0.518. The Labute approximate surface area is 212 Å². The Hall–Kier alpha value is -3.79. The molecule has 4 aromatic rings. The number of H-pyrrole nitrogens is 1. The monoisotopic (exact) mass is 507 g/mol. The van der Waals surface area contributed by atoms with E-state index in [2.05, 4.69) is 25.5 Å². The highest BCUT2D eigenvalue weighted by Crippen LogP contribution is 2.38. The maximum Gasteiger partial charge on any atom is 0.264 e. The van der Waals surface area contributed by atoms with Gasteiger partial charge < -0.3 is 19.8 Å². The summed E-state index contributed by atoms with van der Waals surface area (Å²) in [6, 6.07) is 6.94. The number of carbonyl (C=O) groups excluding carboxylic acids is 1. The van der Waals surface area contributed by atoms with Gasteiger partial charge in [0.25, 0.3) is 17.4 Å². The van der Waals surface area contributed by atoms with Gasteiger partial charge in [0.05, 0.1) is 17.1 Å². The van der Waals surface area contributed by atoms with Crippen molar-refractivity contribution in [2.24, 2.45) is 0 Å². The maximum atomic E-state index is 13.1. The van der Waals surface area contributed by atoms with Crippen molar-refractivity contribution in [3.8, 4) is 28.3 Å². The van der Waals surface area contributed by atoms with Crippen molar-refractivity contribution in [2.45, 2.75) is 59.4 Å². The van der Waals surface area contributed by atoms with E-state index in [1.807, 2.05) is 33.1 Å². The summed E-state index contributed by atoms with van der Waals surface area (Å²) in [6.45, 7) is 7.73. The highest BCUT2D eigenvalue weighted by molar-refractivity contribution is 7.09. The Kier molecular flexibility index (Phi) is 7.64. The third kappa shape index (κ3) is 5.54. The van der Waals surface area contributed by atoms with Gasteiger partial charge in [0.15, 0.2) is 0 Å². The second kappa shape index (κ2) is 10.9. The molecule has 0 aliphatic rings. The molecule has 4 rings (SSSR count). The molecule has 0 spiro atoms. The summed E-state index contributed by atoms with van der Waals surface area (Å²) in [5.74, 6) is -0.262. The molecule has 3 heterocycles. The fraction of sp³-hybridized carbons (Fsp3) is 0.346. The van der Waals surface area contributed by atoms with Crippen LogP contribution in [-0.4, -0.2) is 37.2 Å². The Balaban J connectivity index is 1.79. The predicted molar refractivity (Wildman–Crippen MR) is 138 cm³/mol. The maximum absolute atomic E-state index is 13.1. The van der Waals surface area contributed by atoms with Gasteiger partial charge in [0.2, 0.25) is 5.89 Å². The van der Waals surface area contributed by atoms with E-state index in [0.717, 1.165) is 23.5 Å². The van der Waals surface area contributed by atoms with Crippen molar-refractivity contribution in [1.82, 2.24) is 25.5 Å². The summed E-state index contributed by atoms with van der Waals surface area (Å²) in [5, 5.41) is 25.2. The van der Waals surface area contributed by atoms with Gasteiger partial charge in [-0.05, 0) is 51.3 Å². The number of aryl methyl sites for hydroxylation is 2. The normalized spacial score (nSPS) is 11.2. The lowest BCUT2D eigenvalue weighted by molar-refractivity contribution is 0.0943. The number of rotatable bonds is 9. The lowest BCUT2D eigenvalue weighted by Gasteiger charge is -2.15. The van der Waals surface area contributed by atoms with E-state index < -0.39 is 5.56 Å². The number of amides is 1. The molecule has 1 aromatic carbocycles. The van der Waals surface area contributed by atoms with Crippen LogP contribution in [-0.2, 0) is 12.8 Å². The zero-order chi connectivity index (χ0) is 25.8. The van der Waals surface area contributed by atoms with Crippen LogP contribution >= 0.6 is 11.3 Å². The number of pyridine rings is 1. The molecule has 0 unspecified atom stereocenters. The van der Waals surface area contributed by atoms with E-state index in [1.165, 1.54) is 11.3 Å². The molecule has 9 nitrogen and oxygen atoms in total. The molecule has 188 valence electrons. The van der Waals surface area contributed by atoms with Crippen LogP contribution in [0, 0.1) is 6.92 Å². The van der Waals surface area contributed by atoms with Gasteiger partial charge in [-0.25, -0.2) is 4.98 Å². The number of carbonyl (C=O) groups is 1. The van der Waals surface area contributed by atoms with Gasteiger partial charge in [0.1, 0.15) is 11.3 Å². The molecule has 0 saturated heterocycles. The van der Waals surface area contributed by atoms with Crippen LogP contribution in [0.25, 0.3) is 22.6 Å². The summed E-state index contributed by atoms with van der Waals surface area (Å²) in [4.78, 5) is 33.0. The van der Waals surface area contributed by atoms with Gasteiger partial charge in [-0.1, -0.05) is 25.5 Å². The van der Waals surface area contributed by atoms with Crippen LogP contribution in [0.4, 0.5) is 0 Å². The van der Waals surface area contributed by atoms with Crippen LogP contribution < -0.4 is 10.9 Å². The largest absolute Gasteiger partial charge is 0.506 e. The van der Waals surface area contributed by atoms with Gasteiger partial charge in [-0.3, -0.25) is 9.59 Å². The van der Waals surface area contributed by atoms with E-state index in [1.54, 1.807) is 24.3 Å². The smallest absolute Gasteiger partial charge is 0.264 e. The second-order valence-corrected chi connectivity index (χ2v) is 9.94. The Morgan fingerprint density at radius 2 is 2.06 bits per heavy atom. The highest BCUT2D eigenvalue weighted by atomic mass is 32.1. The van der Waals surface area contributed by atoms with Gasteiger partial charge >= 0.3 is 0 Å². The first-order chi connectivity index (χ1) is 17.3. The van der Waals surface area contributed by atoms with Crippen LogP contribution in [0.5, 0.6) is 5.75 Å². The number of unbranched alkanes of at least 4 members (excludes halogenated alkanes) is 1. The molecule has 0 saturated carbocycles. The number of thiazole rings is 1. The fourth-order valence-electron chi connectivity index (χ4n) is 3.92. The minimum absolute atomic E-state index is 0.0192. The lowest BCUT2D eigenvalue weighted by Crippen LogP contribution is -2.30. The number of nitrogens with zero attached hydrogens (tertiary/aromatic N) is 3. The summed E-state index contributed by atoms with van der Waals surface area (Å²) in [5.41, 5.74) is 2.25. The summed E-state index contributed by atoms with van der Waals surface area (Å²) >= 11 is 1.52. The zero-order valence-corrected chi connectivity index (χ0v) is 21.5. The molecule has 0 bridgehead atoms. The van der Waals surface area contributed by atoms with Gasteiger partial charge in [-0.15, -0.1) is 21.5 Å². The third-order valence-electron chi connectivity index (χ3n) is 5.56. The van der Waals surface area contributed by atoms with Gasteiger partial charge in [0, 0.05) is 28.2 Å². The molecule has 36 heavy (non-hydrogen) atoms. The Morgan fingerprint density at radius 3 is 2.75 bits per heavy atom. The number of aromatic nitrogens is 4.